The molecule has 0 unspecified atom stereocenters. The van der Waals surface area contributed by atoms with Gasteiger partial charge in [0.05, 0.1) is 7.11 Å². The monoisotopic (exact) mass is 348 g/mol. The van der Waals surface area contributed by atoms with E-state index < -0.39 is 0 Å². The molecule has 0 aliphatic rings. The van der Waals surface area contributed by atoms with Gasteiger partial charge in [-0.15, -0.1) is 0 Å². The summed E-state index contributed by atoms with van der Waals surface area (Å²) < 4.78 is 5.25. The van der Waals surface area contributed by atoms with Gasteiger partial charge < -0.3 is 15.4 Å². The molecule has 2 N–H and O–H groups in total. The topological polar surface area (TPSA) is 59.1 Å². The second-order valence-corrected chi connectivity index (χ2v) is 5.96. The number of nitrogens with one attached hydrogen (secondary N) is 2. The molecule has 0 radical (unpaired) electrons. The first-order valence-corrected chi connectivity index (χ1v) is 8.81. The Morgan fingerprint density at radius 1 is 0.846 bits per heavy atom. The van der Waals surface area contributed by atoms with E-state index in [2.05, 4.69) is 50.9 Å². The number of aromatic nitrogens is 2. The number of methoxy groups -OCH3 is 1. The third kappa shape index (κ3) is 5.48. The van der Waals surface area contributed by atoms with Crippen LogP contribution in [0.15, 0.2) is 66.9 Å². The molecule has 26 heavy (non-hydrogen) atoms. The average Bonchev–Trinajstić information content (AvgIpc) is 2.69. The second kappa shape index (κ2) is 9.42. The van der Waals surface area contributed by atoms with Crippen molar-refractivity contribution in [1.82, 2.24) is 9.97 Å². The number of hydrogen-bond donors (Lipinski definition) is 2. The number of rotatable bonds is 9. The summed E-state index contributed by atoms with van der Waals surface area (Å²) in [6.45, 7) is 1.60. The van der Waals surface area contributed by atoms with Gasteiger partial charge in [-0.2, -0.15) is 4.98 Å². The van der Waals surface area contributed by atoms with E-state index >= 15 is 0 Å². The van der Waals surface area contributed by atoms with Gasteiger partial charge in [-0.1, -0.05) is 42.5 Å². The van der Waals surface area contributed by atoms with Crippen molar-refractivity contribution >= 4 is 11.8 Å². The summed E-state index contributed by atoms with van der Waals surface area (Å²) in [5, 5.41) is 6.63. The van der Waals surface area contributed by atoms with Crippen molar-refractivity contribution < 1.29 is 4.74 Å². The smallest absolute Gasteiger partial charge is 0.224 e. The molecular formula is C21H24N4O. The summed E-state index contributed by atoms with van der Waals surface area (Å²) in [4.78, 5) is 8.79. The Morgan fingerprint density at radius 2 is 1.62 bits per heavy atom. The van der Waals surface area contributed by atoms with Crippen molar-refractivity contribution in [2.24, 2.45) is 0 Å². The van der Waals surface area contributed by atoms with Crippen LogP contribution in [0.4, 0.5) is 11.8 Å². The first kappa shape index (κ1) is 17.7. The Balaban J connectivity index is 1.46. The van der Waals surface area contributed by atoms with Gasteiger partial charge in [-0.25, -0.2) is 4.98 Å². The van der Waals surface area contributed by atoms with E-state index in [0.29, 0.717) is 5.95 Å². The zero-order valence-corrected chi connectivity index (χ0v) is 15.0. The minimum atomic E-state index is 0.637. The molecule has 0 fully saturated rings. The van der Waals surface area contributed by atoms with Gasteiger partial charge in [0.15, 0.2) is 0 Å². The minimum Gasteiger partial charge on any atom is -0.497 e. The Morgan fingerprint density at radius 3 is 2.46 bits per heavy atom. The maximum atomic E-state index is 5.25. The van der Waals surface area contributed by atoms with E-state index in [1.807, 2.05) is 30.3 Å². The fraction of sp³-hybridized carbons (Fsp3) is 0.238. The molecule has 3 rings (SSSR count). The molecule has 0 amide bonds. The van der Waals surface area contributed by atoms with Crippen LogP contribution in [-0.2, 0) is 12.8 Å². The van der Waals surface area contributed by atoms with Crippen molar-refractivity contribution in [1.29, 1.82) is 0 Å². The predicted molar refractivity (Wildman–Crippen MR) is 106 cm³/mol. The maximum absolute atomic E-state index is 5.25. The van der Waals surface area contributed by atoms with Gasteiger partial charge in [0.2, 0.25) is 5.95 Å². The lowest BCUT2D eigenvalue weighted by atomic mass is 10.1. The van der Waals surface area contributed by atoms with Crippen LogP contribution in [0.5, 0.6) is 5.75 Å². The minimum absolute atomic E-state index is 0.637. The van der Waals surface area contributed by atoms with E-state index in [1.165, 1.54) is 11.1 Å². The van der Waals surface area contributed by atoms with Crippen LogP contribution in [0.3, 0.4) is 0 Å². The van der Waals surface area contributed by atoms with Crippen molar-refractivity contribution in [3.05, 3.63) is 78.0 Å². The molecule has 5 heteroatoms. The first-order chi connectivity index (χ1) is 12.8. The predicted octanol–water partition coefficient (Wildman–Crippen LogP) is 3.79. The van der Waals surface area contributed by atoms with Crippen molar-refractivity contribution in [3.63, 3.8) is 0 Å². The lowest BCUT2D eigenvalue weighted by molar-refractivity contribution is 0.414. The van der Waals surface area contributed by atoms with Crippen molar-refractivity contribution in [2.45, 2.75) is 12.8 Å². The highest BCUT2D eigenvalue weighted by Gasteiger charge is 2.00. The van der Waals surface area contributed by atoms with Crippen molar-refractivity contribution in [2.75, 3.05) is 30.8 Å². The van der Waals surface area contributed by atoms with E-state index in [1.54, 1.807) is 13.3 Å². The summed E-state index contributed by atoms with van der Waals surface area (Å²) in [6.07, 6.45) is 3.61. The summed E-state index contributed by atoms with van der Waals surface area (Å²) in [7, 11) is 1.68. The van der Waals surface area contributed by atoms with E-state index in [4.69, 9.17) is 4.74 Å². The Kier molecular flexibility index (Phi) is 6.42. The van der Waals surface area contributed by atoms with Gasteiger partial charge in [0, 0.05) is 19.3 Å². The fourth-order valence-electron chi connectivity index (χ4n) is 2.67. The normalized spacial score (nSPS) is 10.3. The zero-order chi connectivity index (χ0) is 18.0. The molecule has 1 aromatic heterocycles. The number of nitrogens with zero attached hydrogens (tertiary/aromatic N) is 2. The highest BCUT2D eigenvalue weighted by molar-refractivity contribution is 5.40. The van der Waals surface area contributed by atoms with E-state index in [-0.39, 0.29) is 0 Å². The largest absolute Gasteiger partial charge is 0.497 e. The van der Waals surface area contributed by atoms with Gasteiger partial charge in [-0.3, -0.25) is 0 Å². The molecule has 1 heterocycles. The van der Waals surface area contributed by atoms with Crippen LogP contribution in [0.25, 0.3) is 0 Å². The third-order valence-electron chi connectivity index (χ3n) is 4.05. The maximum Gasteiger partial charge on any atom is 0.224 e. The molecule has 0 saturated carbocycles. The lowest BCUT2D eigenvalue weighted by Crippen LogP contribution is -2.11. The highest BCUT2D eigenvalue weighted by Crippen LogP contribution is 2.13. The number of anilines is 2. The lowest BCUT2D eigenvalue weighted by Gasteiger charge is -2.09. The third-order valence-corrected chi connectivity index (χ3v) is 4.05. The summed E-state index contributed by atoms with van der Waals surface area (Å²) >= 11 is 0. The molecule has 0 aliphatic carbocycles. The van der Waals surface area contributed by atoms with Crippen LogP contribution in [0.1, 0.15) is 11.1 Å². The molecule has 2 aromatic carbocycles. The average molecular weight is 348 g/mol. The Bertz CT molecular complexity index is 808. The molecule has 0 atom stereocenters. The number of ether oxygens (including phenoxy) is 1. The quantitative estimate of drug-likeness (QED) is 0.616. The molecule has 0 saturated heterocycles. The second-order valence-electron chi connectivity index (χ2n) is 5.96. The van der Waals surface area contributed by atoms with Gasteiger partial charge in [-0.05, 0) is 42.2 Å². The highest BCUT2D eigenvalue weighted by atomic mass is 16.5. The van der Waals surface area contributed by atoms with E-state index in [9.17, 15) is 0 Å². The Hall–Kier alpha value is -3.08. The molecule has 0 spiro atoms. The molecule has 134 valence electrons. The summed E-state index contributed by atoms with van der Waals surface area (Å²) in [5.41, 5.74) is 2.53. The summed E-state index contributed by atoms with van der Waals surface area (Å²) in [5.74, 6) is 2.35. The number of hydrogen-bond acceptors (Lipinski definition) is 5. The molecule has 5 nitrogen and oxygen atoms in total. The molecule has 3 aromatic rings. The molecule has 0 aliphatic heterocycles. The molecule has 0 bridgehead atoms. The van der Waals surface area contributed by atoms with Crippen LogP contribution in [-0.4, -0.2) is 30.2 Å². The summed E-state index contributed by atoms with van der Waals surface area (Å²) in [6, 6.07) is 20.4. The van der Waals surface area contributed by atoms with Crippen LogP contribution >= 0.6 is 0 Å². The SMILES string of the molecule is COc1cccc(CCNc2nccc(NCCc3ccccc3)n2)c1. The van der Waals surface area contributed by atoms with E-state index in [0.717, 1.165) is 37.5 Å². The van der Waals surface area contributed by atoms with Crippen molar-refractivity contribution in [3.8, 4) is 5.75 Å². The zero-order valence-electron chi connectivity index (χ0n) is 15.0. The number of benzene rings is 2. The van der Waals surface area contributed by atoms with Gasteiger partial charge in [0.1, 0.15) is 11.6 Å². The van der Waals surface area contributed by atoms with Gasteiger partial charge in [0.25, 0.3) is 0 Å². The Labute approximate surface area is 154 Å². The fourth-order valence-corrected chi connectivity index (χ4v) is 2.67. The van der Waals surface area contributed by atoms with Crippen LogP contribution in [0.2, 0.25) is 0 Å². The standard InChI is InChI=1S/C21H24N4O/c1-26-19-9-5-8-18(16-19)11-14-23-21-24-15-12-20(25-21)22-13-10-17-6-3-2-4-7-17/h2-9,12,15-16H,10-11,13-14H2,1H3,(H2,22,23,24,25). The van der Waals surface area contributed by atoms with Crippen LogP contribution < -0.4 is 15.4 Å². The van der Waals surface area contributed by atoms with Crippen LogP contribution in [0, 0.1) is 0 Å². The first-order valence-electron chi connectivity index (χ1n) is 8.81. The molecular weight excluding hydrogens is 324 g/mol. The van der Waals surface area contributed by atoms with Gasteiger partial charge >= 0.3 is 0 Å².